The molecule has 126 valence electrons. The first kappa shape index (κ1) is 16.5. The Morgan fingerprint density at radius 3 is 2.42 bits per heavy atom. The minimum absolute atomic E-state index is 0.0427. The fourth-order valence-electron chi connectivity index (χ4n) is 3.01. The number of carbonyl (C=O) groups excluding carboxylic acids is 1. The Morgan fingerprint density at radius 1 is 1.08 bits per heavy atom. The lowest BCUT2D eigenvalue weighted by Gasteiger charge is -2.17. The average Bonchev–Trinajstić information content (AvgIpc) is 2.70. The highest BCUT2D eigenvalue weighted by molar-refractivity contribution is 7.92. The van der Waals surface area contributed by atoms with Crippen LogP contribution >= 0.6 is 0 Å². The van der Waals surface area contributed by atoms with E-state index in [2.05, 4.69) is 4.72 Å². The van der Waals surface area contributed by atoms with Crippen molar-refractivity contribution in [2.45, 2.75) is 31.1 Å². The molecule has 0 spiro atoms. The smallest absolute Gasteiger partial charge is 0.261 e. The van der Waals surface area contributed by atoms with Crippen molar-refractivity contribution in [1.82, 2.24) is 0 Å². The number of benzene rings is 2. The summed E-state index contributed by atoms with van der Waals surface area (Å²) in [6.45, 7) is 5.46. The molecule has 0 bridgehead atoms. The summed E-state index contributed by atoms with van der Waals surface area (Å²) in [5.41, 5.74) is 2.13. The maximum Gasteiger partial charge on any atom is 0.261 e. The van der Waals surface area contributed by atoms with Crippen LogP contribution in [-0.4, -0.2) is 21.4 Å². The zero-order valence-electron chi connectivity index (χ0n) is 14.1. The highest BCUT2D eigenvalue weighted by atomic mass is 32.2. The van der Waals surface area contributed by atoms with Gasteiger partial charge in [0.1, 0.15) is 0 Å². The van der Waals surface area contributed by atoms with Crippen molar-refractivity contribution in [3.05, 3.63) is 53.6 Å². The van der Waals surface area contributed by atoms with Crippen LogP contribution in [-0.2, 0) is 20.2 Å². The molecule has 0 unspecified atom stereocenters. The third kappa shape index (κ3) is 2.47. The fraction of sp³-hybridized carbons (Fsp3) is 0.278. The van der Waals surface area contributed by atoms with Gasteiger partial charge in [0.05, 0.1) is 16.0 Å². The predicted molar refractivity (Wildman–Crippen MR) is 94.9 cm³/mol. The first-order valence-corrected chi connectivity index (χ1v) is 9.14. The van der Waals surface area contributed by atoms with E-state index in [1.54, 1.807) is 36.2 Å². The molecule has 1 heterocycles. The number of hydrogen-bond acceptors (Lipinski definition) is 3. The van der Waals surface area contributed by atoms with Crippen molar-refractivity contribution in [2.24, 2.45) is 0 Å². The molecule has 1 N–H and O–H groups in total. The van der Waals surface area contributed by atoms with E-state index in [4.69, 9.17) is 0 Å². The minimum atomic E-state index is -3.72. The molecule has 1 amide bonds. The van der Waals surface area contributed by atoms with Crippen molar-refractivity contribution in [3.63, 3.8) is 0 Å². The normalized spacial score (nSPS) is 16.2. The quantitative estimate of drug-likeness (QED) is 0.930. The van der Waals surface area contributed by atoms with Crippen molar-refractivity contribution in [2.75, 3.05) is 16.7 Å². The molecule has 6 heteroatoms. The Kier molecular flexibility index (Phi) is 3.68. The second kappa shape index (κ2) is 5.34. The van der Waals surface area contributed by atoms with Gasteiger partial charge in [-0.1, -0.05) is 18.2 Å². The van der Waals surface area contributed by atoms with Crippen molar-refractivity contribution in [1.29, 1.82) is 0 Å². The van der Waals surface area contributed by atoms with E-state index in [9.17, 15) is 13.2 Å². The highest BCUT2D eigenvalue weighted by Gasteiger charge is 2.42. The summed E-state index contributed by atoms with van der Waals surface area (Å²) in [4.78, 5) is 14.1. The van der Waals surface area contributed by atoms with Crippen LogP contribution < -0.4 is 9.62 Å². The molecule has 24 heavy (non-hydrogen) atoms. The Balaban J connectivity index is 2.04. The highest BCUT2D eigenvalue weighted by Crippen LogP contribution is 2.41. The van der Waals surface area contributed by atoms with E-state index in [0.717, 1.165) is 16.8 Å². The molecular formula is C18H20N2O3S. The largest absolute Gasteiger partial charge is 0.314 e. The number of sulfonamides is 1. The molecule has 0 saturated carbocycles. The number of rotatable bonds is 3. The molecule has 2 aromatic rings. The molecule has 2 aromatic carbocycles. The van der Waals surface area contributed by atoms with Gasteiger partial charge in [0, 0.05) is 12.7 Å². The lowest BCUT2D eigenvalue weighted by Crippen LogP contribution is -2.33. The van der Waals surface area contributed by atoms with Gasteiger partial charge < -0.3 is 4.90 Å². The second-order valence-electron chi connectivity index (χ2n) is 6.59. The molecule has 1 aliphatic heterocycles. The molecule has 0 aliphatic carbocycles. The van der Waals surface area contributed by atoms with Gasteiger partial charge in [-0.25, -0.2) is 8.42 Å². The van der Waals surface area contributed by atoms with Crippen LogP contribution in [0.25, 0.3) is 0 Å². The molecule has 0 saturated heterocycles. The first-order chi connectivity index (χ1) is 11.1. The number of nitrogens with one attached hydrogen (secondary N) is 1. The zero-order valence-corrected chi connectivity index (χ0v) is 14.9. The summed E-state index contributed by atoms with van der Waals surface area (Å²) in [6.07, 6.45) is 0. The molecule has 3 rings (SSSR count). The third-order valence-electron chi connectivity index (χ3n) is 4.54. The Morgan fingerprint density at radius 2 is 1.75 bits per heavy atom. The zero-order chi connectivity index (χ0) is 17.7. The van der Waals surface area contributed by atoms with Crippen LogP contribution in [0, 0.1) is 6.92 Å². The molecule has 5 nitrogen and oxygen atoms in total. The fourth-order valence-corrected chi connectivity index (χ4v) is 4.17. The lowest BCUT2D eigenvalue weighted by atomic mass is 9.86. The van der Waals surface area contributed by atoms with Crippen LogP contribution in [0.1, 0.15) is 25.0 Å². The third-order valence-corrected chi connectivity index (χ3v) is 5.90. The van der Waals surface area contributed by atoms with Crippen LogP contribution in [0.2, 0.25) is 0 Å². The summed E-state index contributed by atoms with van der Waals surface area (Å²) >= 11 is 0. The van der Waals surface area contributed by atoms with E-state index in [-0.39, 0.29) is 10.8 Å². The summed E-state index contributed by atoms with van der Waals surface area (Å²) in [5, 5.41) is 0. The maximum absolute atomic E-state index is 12.7. The molecular weight excluding hydrogens is 324 g/mol. The summed E-state index contributed by atoms with van der Waals surface area (Å²) in [5.74, 6) is -0.0427. The standard InChI is InChI=1S/C18H20N2O3S/c1-12-7-5-6-8-15(12)19-24(22,23)13-9-10-16-14(11-13)18(2,3)17(21)20(16)4/h5-11,19H,1-4H3. The van der Waals surface area contributed by atoms with Crippen LogP contribution in [0.5, 0.6) is 0 Å². The van der Waals surface area contributed by atoms with Gasteiger partial charge in [0.2, 0.25) is 5.91 Å². The maximum atomic E-state index is 12.7. The van der Waals surface area contributed by atoms with Gasteiger partial charge in [0.25, 0.3) is 10.0 Å². The molecule has 0 radical (unpaired) electrons. The lowest BCUT2D eigenvalue weighted by molar-refractivity contribution is -0.121. The Bertz CT molecular complexity index is 933. The van der Waals surface area contributed by atoms with Gasteiger partial charge in [-0.15, -0.1) is 0 Å². The van der Waals surface area contributed by atoms with E-state index < -0.39 is 15.4 Å². The van der Waals surface area contributed by atoms with Gasteiger partial charge in [-0.3, -0.25) is 9.52 Å². The Labute approximate surface area is 142 Å². The van der Waals surface area contributed by atoms with Crippen LogP contribution in [0.3, 0.4) is 0 Å². The molecule has 0 aromatic heterocycles. The van der Waals surface area contributed by atoms with Gasteiger partial charge in [-0.2, -0.15) is 0 Å². The number of hydrogen-bond donors (Lipinski definition) is 1. The summed E-state index contributed by atoms with van der Waals surface area (Å²) < 4.78 is 28.1. The van der Waals surface area contributed by atoms with Crippen molar-refractivity contribution in [3.8, 4) is 0 Å². The number of amides is 1. The summed E-state index contributed by atoms with van der Waals surface area (Å²) in [7, 11) is -2.02. The molecule has 0 atom stereocenters. The predicted octanol–water partition coefficient (Wildman–Crippen LogP) is 3.05. The van der Waals surface area contributed by atoms with E-state index >= 15 is 0 Å². The van der Waals surface area contributed by atoms with Crippen molar-refractivity contribution >= 4 is 27.3 Å². The molecule has 1 aliphatic rings. The van der Waals surface area contributed by atoms with Gasteiger partial charge in [-0.05, 0) is 56.2 Å². The van der Waals surface area contributed by atoms with E-state index in [0.29, 0.717) is 5.69 Å². The number of anilines is 2. The van der Waals surface area contributed by atoms with Gasteiger partial charge >= 0.3 is 0 Å². The number of likely N-dealkylation sites (N-methyl/N-ethyl adjacent to an activating group) is 1. The van der Waals surface area contributed by atoms with E-state index in [1.807, 2.05) is 32.9 Å². The van der Waals surface area contributed by atoms with Crippen LogP contribution in [0.4, 0.5) is 11.4 Å². The first-order valence-electron chi connectivity index (χ1n) is 7.66. The SMILES string of the molecule is Cc1ccccc1NS(=O)(=O)c1ccc2c(c1)C(C)(C)C(=O)N2C. The number of aryl methyl sites for hydroxylation is 1. The second-order valence-corrected chi connectivity index (χ2v) is 8.27. The van der Waals surface area contributed by atoms with Crippen molar-refractivity contribution < 1.29 is 13.2 Å². The number of para-hydroxylation sites is 1. The average molecular weight is 344 g/mol. The number of nitrogens with zero attached hydrogens (tertiary/aromatic N) is 1. The number of fused-ring (bicyclic) bond motifs is 1. The topological polar surface area (TPSA) is 66.5 Å². The van der Waals surface area contributed by atoms with Gasteiger partial charge in [0.15, 0.2) is 0 Å². The van der Waals surface area contributed by atoms with Crippen LogP contribution in [0.15, 0.2) is 47.4 Å². The Hall–Kier alpha value is -2.34. The van der Waals surface area contributed by atoms with E-state index in [1.165, 1.54) is 6.07 Å². The molecule has 0 fully saturated rings. The number of carbonyl (C=O) groups is 1. The monoisotopic (exact) mass is 344 g/mol. The minimum Gasteiger partial charge on any atom is -0.314 e. The summed E-state index contributed by atoms with van der Waals surface area (Å²) in [6, 6.07) is 12.0.